The Morgan fingerprint density at radius 3 is 2.06 bits per heavy atom. The predicted molar refractivity (Wildman–Crippen MR) is 73.6 cm³/mol. The zero-order chi connectivity index (χ0) is 12.9. The lowest BCUT2D eigenvalue weighted by atomic mass is 9.88. The monoisotopic (exact) mass is 340 g/mol. The topological polar surface area (TPSA) is 58.2 Å². The number of nitrogens with one attached hydrogen (secondary N) is 2. The number of rotatable bonds is 4. The minimum Gasteiger partial charge on any atom is -0.338 e. The van der Waals surface area contributed by atoms with E-state index < -0.39 is 6.04 Å². The molecule has 5 heteroatoms. The number of amides is 2. The fourth-order valence-electron chi connectivity index (χ4n) is 1.09. The Balaban J connectivity index is 4.32. The number of hydrogen-bond donors (Lipinski definition) is 2. The molecule has 0 aromatic rings. The predicted octanol–water partition coefficient (Wildman–Crippen LogP) is 2.32. The highest BCUT2D eigenvalue weighted by molar-refractivity contribution is 14.1. The third-order valence-electron chi connectivity index (χ3n) is 2.04. The van der Waals surface area contributed by atoms with Gasteiger partial charge in [0, 0.05) is 29.1 Å². The van der Waals surface area contributed by atoms with E-state index in [1.807, 2.05) is 34.6 Å². The van der Waals surface area contributed by atoms with Crippen molar-refractivity contribution in [3.8, 4) is 0 Å². The van der Waals surface area contributed by atoms with Crippen LogP contribution in [-0.4, -0.2) is 22.4 Å². The molecule has 2 N–H and O–H groups in total. The van der Waals surface area contributed by atoms with Gasteiger partial charge in [0.2, 0.25) is 3.79 Å². The van der Waals surface area contributed by atoms with Gasteiger partial charge in [-0.1, -0.05) is 34.6 Å². The molecule has 16 heavy (non-hydrogen) atoms. The molecule has 0 aromatic carbocycles. The summed E-state index contributed by atoms with van der Waals surface area (Å²) in [6.07, 6.45) is 0. The molecular weight excluding hydrogens is 319 g/mol. The summed E-state index contributed by atoms with van der Waals surface area (Å²) in [5, 5.41) is 5.44. The smallest absolute Gasteiger partial charge is 0.315 e. The van der Waals surface area contributed by atoms with Gasteiger partial charge in [0.05, 0.1) is 0 Å². The minimum absolute atomic E-state index is 0.0511. The first kappa shape index (κ1) is 15.7. The summed E-state index contributed by atoms with van der Waals surface area (Å²) in [6.45, 7) is 10.4. The molecule has 94 valence electrons. The van der Waals surface area contributed by atoms with Gasteiger partial charge in [-0.25, -0.2) is 4.79 Å². The van der Waals surface area contributed by atoms with Crippen molar-refractivity contribution in [2.75, 3.05) is 6.54 Å². The van der Waals surface area contributed by atoms with E-state index in [0.717, 1.165) is 0 Å². The van der Waals surface area contributed by atoms with Crippen LogP contribution in [0.5, 0.6) is 0 Å². The Hall–Kier alpha value is -0.330. The van der Waals surface area contributed by atoms with E-state index in [2.05, 4.69) is 10.6 Å². The first-order valence-corrected chi connectivity index (χ1v) is 6.46. The van der Waals surface area contributed by atoms with E-state index in [1.165, 1.54) is 0 Å². The van der Waals surface area contributed by atoms with Crippen molar-refractivity contribution >= 4 is 32.4 Å². The fourth-order valence-corrected chi connectivity index (χ4v) is 2.18. The molecule has 0 aliphatic rings. The van der Waals surface area contributed by atoms with Gasteiger partial charge in [0.25, 0.3) is 0 Å². The van der Waals surface area contributed by atoms with E-state index >= 15 is 0 Å². The van der Waals surface area contributed by atoms with Crippen LogP contribution in [0.15, 0.2) is 0 Å². The van der Waals surface area contributed by atoms with E-state index in [4.69, 9.17) is 0 Å². The van der Waals surface area contributed by atoms with Crippen LogP contribution in [0.25, 0.3) is 0 Å². The summed E-state index contributed by atoms with van der Waals surface area (Å²) in [6, 6.07) is -0.737. The fraction of sp³-hybridized carbons (Fsp3) is 0.818. The number of halogens is 1. The lowest BCUT2D eigenvalue weighted by Gasteiger charge is -2.28. The first-order valence-electron chi connectivity index (χ1n) is 5.38. The van der Waals surface area contributed by atoms with Crippen molar-refractivity contribution in [3.63, 3.8) is 0 Å². The lowest BCUT2D eigenvalue weighted by Crippen LogP contribution is -2.51. The number of urea groups is 1. The summed E-state index contributed by atoms with van der Waals surface area (Å²) >= 11 is 1.72. The Morgan fingerprint density at radius 2 is 1.75 bits per heavy atom. The molecule has 0 aromatic heterocycles. The summed E-state index contributed by atoms with van der Waals surface area (Å²) in [4.78, 5) is 22.9. The Morgan fingerprint density at radius 1 is 1.25 bits per heavy atom. The van der Waals surface area contributed by atoms with Gasteiger partial charge >= 0.3 is 6.03 Å². The van der Waals surface area contributed by atoms with Gasteiger partial charge in [-0.15, -0.1) is 0 Å². The third-order valence-corrected chi connectivity index (χ3v) is 2.66. The van der Waals surface area contributed by atoms with Crippen LogP contribution in [0, 0.1) is 11.3 Å². The molecule has 0 spiro atoms. The maximum Gasteiger partial charge on any atom is 0.315 e. The zero-order valence-corrected chi connectivity index (χ0v) is 12.7. The molecule has 1 unspecified atom stereocenters. The molecule has 4 nitrogen and oxygen atoms in total. The molecule has 2 amide bonds. The second-order valence-electron chi connectivity index (χ2n) is 5.35. The van der Waals surface area contributed by atoms with E-state index in [1.54, 1.807) is 22.6 Å². The van der Waals surface area contributed by atoms with Gasteiger partial charge in [0.15, 0.2) is 0 Å². The van der Waals surface area contributed by atoms with Crippen LogP contribution in [0.2, 0.25) is 0 Å². The van der Waals surface area contributed by atoms with Gasteiger partial charge in [-0.2, -0.15) is 0 Å². The van der Waals surface area contributed by atoms with E-state index in [-0.39, 0.29) is 15.2 Å². The van der Waals surface area contributed by atoms with Crippen molar-refractivity contribution in [1.29, 1.82) is 0 Å². The largest absolute Gasteiger partial charge is 0.338 e. The highest BCUT2D eigenvalue weighted by Crippen LogP contribution is 2.21. The van der Waals surface area contributed by atoms with Crippen LogP contribution in [0.3, 0.4) is 0 Å². The summed E-state index contributed by atoms with van der Waals surface area (Å²) in [5.41, 5.74) is -0.270. The van der Waals surface area contributed by atoms with Gasteiger partial charge in [-0.3, -0.25) is 4.79 Å². The van der Waals surface area contributed by atoms with Crippen LogP contribution in [0.1, 0.15) is 34.6 Å². The standard InChI is InChI=1S/C11H21IN2O2/c1-7(2)6-13-10(16)14-8(9(12)15)11(3,4)5/h7-8H,6H2,1-5H3,(H2,13,14,16). The molecule has 0 aliphatic heterocycles. The van der Waals surface area contributed by atoms with E-state index in [9.17, 15) is 9.59 Å². The number of carbonyl (C=O) groups excluding carboxylic acids is 2. The second-order valence-corrected chi connectivity index (χ2v) is 6.41. The van der Waals surface area contributed by atoms with Crippen LogP contribution in [-0.2, 0) is 4.79 Å². The molecule has 0 radical (unpaired) electrons. The molecule has 0 heterocycles. The molecule has 0 aliphatic carbocycles. The molecule has 0 bridgehead atoms. The maximum atomic E-state index is 11.5. The van der Waals surface area contributed by atoms with Gasteiger partial charge in [-0.05, 0) is 11.3 Å². The normalized spacial score (nSPS) is 13.4. The highest BCUT2D eigenvalue weighted by atomic mass is 127. The molecule has 0 fully saturated rings. The summed E-state index contributed by atoms with van der Waals surface area (Å²) in [5.74, 6) is 0.397. The number of carbonyl (C=O) groups is 2. The third kappa shape index (κ3) is 6.30. The molecule has 0 saturated carbocycles. The summed E-state index contributed by atoms with van der Waals surface area (Å²) < 4.78 is -0.0511. The second kappa shape index (κ2) is 6.42. The molecule has 0 saturated heterocycles. The number of hydrogen-bond acceptors (Lipinski definition) is 2. The average molecular weight is 340 g/mol. The lowest BCUT2D eigenvalue weighted by molar-refractivity contribution is -0.113. The quantitative estimate of drug-likeness (QED) is 0.610. The van der Waals surface area contributed by atoms with E-state index in [0.29, 0.717) is 12.5 Å². The van der Waals surface area contributed by atoms with Crippen molar-refractivity contribution in [3.05, 3.63) is 0 Å². The summed E-state index contributed by atoms with van der Waals surface area (Å²) in [7, 11) is 0. The van der Waals surface area contributed by atoms with Gasteiger partial charge in [0.1, 0.15) is 6.04 Å². The maximum absolute atomic E-state index is 11.5. The van der Waals surface area contributed by atoms with Crippen molar-refractivity contribution in [2.24, 2.45) is 11.3 Å². The molecule has 1 atom stereocenters. The Bertz CT molecular complexity index is 259. The Kier molecular flexibility index (Phi) is 6.28. The van der Waals surface area contributed by atoms with Crippen LogP contribution >= 0.6 is 22.6 Å². The first-order chi connectivity index (χ1) is 7.14. The highest BCUT2D eigenvalue weighted by Gasteiger charge is 2.30. The molecular formula is C11H21IN2O2. The zero-order valence-electron chi connectivity index (χ0n) is 10.6. The van der Waals surface area contributed by atoms with Crippen molar-refractivity contribution in [1.82, 2.24) is 10.6 Å². The average Bonchev–Trinajstić information content (AvgIpc) is 2.08. The Labute approximate surface area is 111 Å². The van der Waals surface area contributed by atoms with Crippen LogP contribution < -0.4 is 10.6 Å². The van der Waals surface area contributed by atoms with Crippen molar-refractivity contribution < 1.29 is 9.59 Å². The molecule has 0 rings (SSSR count). The van der Waals surface area contributed by atoms with Crippen molar-refractivity contribution in [2.45, 2.75) is 40.7 Å². The van der Waals surface area contributed by atoms with Gasteiger partial charge < -0.3 is 10.6 Å². The van der Waals surface area contributed by atoms with Crippen LogP contribution in [0.4, 0.5) is 4.79 Å². The SMILES string of the molecule is CC(C)CNC(=O)NC(C(=O)I)C(C)(C)C. The minimum atomic E-state index is -0.458.